The van der Waals surface area contributed by atoms with E-state index in [2.05, 4.69) is 19.9 Å². The van der Waals surface area contributed by atoms with Gasteiger partial charge >= 0.3 is 5.97 Å². The molecule has 3 aliphatic carbocycles. The number of allylic oxidation sites excluding steroid dienone is 1. The summed E-state index contributed by atoms with van der Waals surface area (Å²) in [6.07, 6.45) is 6.24. The molecule has 0 amide bonds. The van der Waals surface area contributed by atoms with Gasteiger partial charge in [0.05, 0.1) is 0 Å². The van der Waals surface area contributed by atoms with Crippen LogP contribution < -0.4 is 0 Å². The van der Waals surface area contributed by atoms with Crippen molar-refractivity contribution >= 4 is 5.97 Å². The van der Waals surface area contributed by atoms with E-state index in [0.29, 0.717) is 11.8 Å². The Bertz CT molecular complexity index is 411. The standard InChI is InChI=1S/C15H20O2/c1-7-3-4-10-8(2)14-13-11(15(16)17-14)6-5-9(7)12(10)13/h6-10,12-14H,3-5H2,1-2H3. The fourth-order valence-corrected chi connectivity index (χ4v) is 5.26. The van der Waals surface area contributed by atoms with Crippen LogP contribution in [0.4, 0.5) is 0 Å². The zero-order chi connectivity index (χ0) is 11.7. The van der Waals surface area contributed by atoms with Crippen LogP contribution >= 0.6 is 0 Å². The molecule has 92 valence electrons. The number of hydrogen-bond donors (Lipinski definition) is 0. The van der Waals surface area contributed by atoms with Gasteiger partial charge in [0.2, 0.25) is 0 Å². The second-order valence-corrected chi connectivity index (χ2v) is 6.61. The quantitative estimate of drug-likeness (QED) is 0.600. The topological polar surface area (TPSA) is 26.3 Å². The molecule has 1 aliphatic heterocycles. The average Bonchev–Trinajstić information content (AvgIpc) is 2.79. The Kier molecular flexibility index (Phi) is 1.88. The predicted molar refractivity (Wildman–Crippen MR) is 64.1 cm³/mol. The van der Waals surface area contributed by atoms with Gasteiger partial charge < -0.3 is 4.74 Å². The highest BCUT2D eigenvalue weighted by atomic mass is 16.6. The third-order valence-electron chi connectivity index (χ3n) is 6.09. The van der Waals surface area contributed by atoms with E-state index in [9.17, 15) is 4.79 Å². The van der Waals surface area contributed by atoms with Crippen LogP contribution in [-0.4, -0.2) is 12.1 Å². The number of carbonyl (C=O) groups excluding carboxylic acids is 1. The summed E-state index contributed by atoms with van der Waals surface area (Å²) in [6, 6.07) is 0. The second kappa shape index (κ2) is 3.15. The van der Waals surface area contributed by atoms with Gasteiger partial charge in [0.1, 0.15) is 6.10 Å². The molecule has 2 heteroatoms. The molecule has 17 heavy (non-hydrogen) atoms. The van der Waals surface area contributed by atoms with Crippen molar-refractivity contribution in [3.05, 3.63) is 11.6 Å². The first-order valence-corrected chi connectivity index (χ1v) is 7.09. The van der Waals surface area contributed by atoms with Crippen LogP contribution in [0.2, 0.25) is 0 Å². The zero-order valence-electron chi connectivity index (χ0n) is 10.6. The summed E-state index contributed by atoms with van der Waals surface area (Å²) in [5, 5.41) is 0. The number of rotatable bonds is 0. The van der Waals surface area contributed by atoms with Crippen molar-refractivity contribution in [1.82, 2.24) is 0 Å². The van der Waals surface area contributed by atoms with E-state index in [-0.39, 0.29) is 12.1 Å². The van der Waals surface area contributed by atoms with E-state index < -0.39 is 0 Å². The fraction of sp³-hybridized carbons (Fsp3) is 0.800. The molecule has 4 aliphatic rings. The van der Waals surface area contributed by atoms with Gasteiger partial charge in [0, 0.05) is 11.5 Å². The predicted octanol–water partition coefficient (Wildman–Crippen LogP) is 2.79. The van der Waals surface area contributed by atoms with Crippen molar-refractivity contribution < 1.29 is 9.53 Å². The normalized spacial score (nSPS) is 55.3. The first-order valence-electron chi connectivity index (χ1n) is 7.09. The molecule has 0 aromatic rings. The summed E-state index contributed by atoms with van der Waals surface area (Å²) in [5.74, 6) is 4.20. The molecular formula is C15H20O2. The summed E-state index contributed by atoms with van der Waals surface area (Å²) >= 11 is 0. The molecule has 0 bridgehead atoms. The smallest absolute Gasteiger partial charge is 0.334 e. The van der Waals surface area contributed by atoms with Crippen LogP contribution in [0.1, 0.15) is 33.1 Å². The molecular weight excluding hydrogens is 212 g/mol. The lowest BCUT2D eigenvalue weighted by atomic mass is 9.61. The van der Waals surface area contributed by atoms with Crippen LogP contribution in [0.15, 0.2) is 11.6 Å². The Morgan fingerprint density at radius 2 is 2.06 bits per heavy atom. The molecule has 0 spiro atoms. The Morgan fingerprint density at radius 3 is 2.88 bits per heavy atom. The Balaban J connectivity index is 1.83. The molecule has 2 nitrogen and oxygen atoms in total. The van der Waals surface area contributed by atoms with Crippen molar-refractivity contribution in [3.8, 4) is 0 Å². The lowest BCUT2D eigenvalue weighted by Gasteiger charge is -2.43. The zero-order valence-corrected chi connectivity index (χ0v) is 10.6. The highest BCUT2D eigenvalue weighted by molar-refractivity contribution is 5.92. The van der Waals surface area contributed by atoms with Gasteiger partial charge in [-0.25, -0.2) is 4.79 Å². The number of carbonyl (C=O) groups is 1. The van der Waals surface area contributed by atoms with E-state index in [1.54, 1.807) is 0 Å². The monoisotopic (exact) mass is 232 g/mol. The SMILES string of the molecule is CC1CCC2C(C)C3OC(=O)C4=CCC1C2C43. The molecule has 0 aromatic heterocycles. The van der Waals surface area contributed by atoms with E-state index in [1.807, 2.05) is 0 Å². The average molecular weight is 232 g/mol. The first kappa shape index (κ1) is 10.2. The van der Waals surface area contributed by atoms with Crippen LogP contribution in [0, 0.1) is 35.5 Å². The van der Waals surface area contributed by atoms with Crippen molar-refractivity contribution in [1.29, 1.82) is 0 Å². The van der Waals surface area contributed by atoms with Crippen molar-refractivity contribution in [2.45, 2.75) is 39.2 Å². The molecule has 1 heterocycles. The minimum atomic E-state index is -0.0121. The van der Waals surface area contributed by atoms with Crippen molar-refractivity contribution in [2.24, 2.45) is 35.5 Å². The second-order valence-electron chi connectivity index (χ2n) is 6.61. The Morgan fingerprint density at radius 1 is 1.24 bits per heavy atom. The number of hydrogen-bond acceptors (Lipinski definition) is 2. The number of esters is 1. The molecule has 2 saturated carbocycles. The maximum Gasteiger partial charge on any atom is 0.334 e. The first-order chi connectivity index (χ1) is 8.18. The molecule has 0 radical (unpaired) electrons. The molecule has 3 fully saturated rings. The molecule has 1 saturated heterocycles. The largest absolute Gasteiger partial charge is 0.458 e. The summed E-state index contributed by atoms with van der Waals surface area (Å²) < 4.78 is 5.65. The Labute approximate surface area is 102 Å². The third kappa shape index (κ3) is 1.10. The highest BCUT2D eigenvalue weighted by Crippen LogP contribution is 2.61. The minimum Gasteiger partial charge on any atom is -0.458 e. The lowest BCUT2D eigenvalue weighted by Crippen LogP contribution is -2.37. The summed E-state index contributed by atoms with van der Waals surface area (Å²) in [4.78, 5) is 11.9. The summed E-state index contributed by atoms with van der Waals surface area (Å²) in [6.45, 7) is 4.70. The lowest BCUT2D eigenvalue weighted by molar-refractivity contribution is -0.140. The maximum atomic E-state index is 11.9. The molecule has 4 rings (SSSR count). The van der Waals surface area contributed by atoms with E-state index in [4.69, 9.17) is 4.74 Å². The molecule has 7 atom stereocenters. The van der Waals surface area contributed by atoms with Crippen molar-refractivity contribution in [3.63, 3.8) is 0 Å². The summed E-state index contributed by atoms with van der Waals surface area (Å²) in [7, 11) is 0. The highest BCUT2D eigenvalue weighted by Gasteiger charge is 2.61. The molecule has 0 aromatic carbocycles. The van der Waals surface area contributed by atoms with Gasteiger partial charge in [-0.1, -0.05) is 26.3 Å². The minimum absolute atomic E-state index is 0.0121. The number of ether oxygens (including phenoxy) is 1. The Hall–Kier alpha value is -0.790. The van der Waals surface area contributed by atoms with Crippen molar-refractivity contribution in [2.75, 3.05) is 0 Å². The van der Waals surface area contributed by atoms with Gasteiger partial charge in [-0.2, -0.15) is 0 Å². The molecule has 0 N–H and O–H groups in total. The van der Waals surface area contributed by atoms with Gasteiger partial charge in [-0.15, -0.1) is 0 Å². The van der Waals surface area contributed by atoms with E-state index in [0.717, 1.165) is 35.7 Å². The van der Waals surface area contributed by atoms with E-state index >= 15 is 0 Å². The fourth-order valence-electron chi connectivity index (χ4n) is 5.26. The van der Waals surface area contributed by atoms with Crippen LogP contribution in [-0.2, 0) is 9.53 Å². The van der Waals surface area contributed by atoms with Gasteiger partial charge in [0.25, 0.3) is 0 Å². The van der Waals surface area contributed by atoms with Gasteiger partial charge in [-0.3, -0.25) is 0 Å². The van der Waals surface area contributed by atoms with Crippen LogP contribution in [0.3, 0.4) is 0 Å². The maximum absolute atomic E-state index is 11.9. The summed E-state index contributed by atoms with van der Waals surface area (Å²) in [5.41, 5.74) is 1.03. The van der Waals surface area contributed by atoms with Gasteiger partial charge in [0.15, 0.2) is 0 Å². The van der Waals surface area contributed by atoms with E-state index in [1.165, 1.54) is 12.8 Å². The van der Waals surface area contributed by atoms with Gasteiger partial charge in [-0.05, 0) is 42.4 Å². The van der Waals surface area contributed by atoms with Crippen LogP contribution in [0.25, 0.3) is 0 Å². The molecule has 7 unspecified atom stereocenters. The third-order valence-corrected chi connectivity index (χ3v) is 6.09. The van der Waals surface area contributed by atoms with Crippen LogP contribution in [0.5, 0.6) is 0 Å².